The van der Waals surface area contributed by atoms with Gasteiger partial charge >= 0.3 is 11.8 Å². The van der Waals surface area contributed by atoms with Gasteiger partial charge in [0.1, 0.15) is 5.60 Å². The zero-order valence-electron chi connectivity index (χ0n) is 19.3. The van der Waals surface area contributed by atoms with Crippen molar-refractivity contribution in [1.29, 1.82) is 0 Å². The maximum Gasteiger partial charge on any atom is 0.410 e. The maximum absolute atomic E-state index is 12.9. The van der Waals surface area contributed by atoms with Crippen LogP contribution < -0.4 is 10.6 Å². The van der Waals surface area contributed by atoms with E-state index in [9.17, 15) is 9.59 Å². The predicted molar refractivity (Wildman–Crippen MR) is 137 cm³/mol. The Morgan fingerprint density at radius 3 is 2.38 bits per heavy atom. The summed E-state index contributed by atoms with van der Waals surface area (Å²) in [6, 6.07) is 13.8. The minimum absolute atomic E-state index is 0.206. The average Bonchev–Trinajstić information content (AvgIpc) is 3.14. The quantitative estimate of drug-likeness (QED) is 0.412. The van der Waals surface area contributed by atoms with Gasteiger partial charge in [0.15, 0.2) is 0 Å². The minimum Gasteiger partial charge on any atom is -0.444 e. The van der Waals surface area contributed by atoms with Gasteiger partial charge in [-0.25, -0.2) is 9.59 Å². The van der Waals surface area contributed by atoms with Crippen LogP contribution in [0, 0.1) is 0 Å². The van der Waals surface area contributed by atoms with Gasteiger partial charge in [0.2, 0.25) is 0 Å². The van der Waals surface area contributed by atoms with Gasteiger partial charge in [-0.3, -0.25) is 9.55 Å². The van der Waals surface area contributed by atoms with E-state index in [1.165, 1.54) is 0 Å². The Morgan fingerprint density at radius 1 is 1.03 bits per heavy atom. The van der Waals surface area contributed by atoms with Gasteiger partial charge in [-0.1, -0.05) is 15.9 Å². The molecule has 8 nitrogen and oxygen atoms in total. The van der Waals surface area contributed by atoms with Crippen LogP contribution in [0.3, 0.4) is 0 Å². The van der Waals surface area contributed by atoms with E-state index >= 15 is 0 Å². The molecule has 1 saturated heterocycles. The van der Waals surface area contributed by atoms with Crippen molar-refractivity contribution in [3.63, 3.8) is 0 Å². The van der Waals surface area contributed by atoms with Crippen LogP contribution in [0.2, 0.25) is 0 Å². The van der Waals surface area contributed by atoms with Gasteiger partial charge in [-0.2, -0.15) is 0 Å². The highest BCUT2D eigenvalue weighted by atomic mass is 79.9. The first-order valence-corrected chi connectivity index (χ1v) is 12.0. The molecule has 9 heteroatoms. The van der Waals surface area contributed by atoms with Crippen molar-refractivity contribution in [2.45, 2.75) is 26.4 Å². The lowest BCUT2D eigenvalue weighted by molar-refractivity contribution is 0.0240. The van der Waals surface area contributed by atoms with Crippen LogP contribution in [-0.4, -0.2) is 57.3 Å². The molecule has 0 spiro atoms. The number of pyridine rings is 1. The first-order valence-electron chi connectivity index (χ1n) is 11.2. The van der Waals surface area contributed by atoms with Crippen molar-refractivity contribution >= 4 is 49.6 Å². The van der Waals surface area contributed by atoms with E-state index in [-0.39, 0.29) is 11.8 Å². The van der Waals surface area contributed by atoms with E-state index < -0.39 is 5.60 Å². The summed E-state index contributed by atoms with van der Waals surface area (Å²) in [5.41, 5.74) is 3.44. The molecule has 1 aliphatic rings. The van der Waals surface area contributed by atoms with Crippen molar-refractivity contribution in [1.82, 2.24) is 19.4 Å². The zero-order valence-corrected chi connectivity index (χ0v) is 20.9. The van der Waals surface area contributed by atoms with E-state index in [4.69, 9.17) is 4.74 Å². The molecule has 2 aromatic carbocycles. The number of hydrogen-bond acceptors (Lipinski definition) is 5. The lowest BCUT2D eigenvalue weighted by Gasteiger charge is -2.36. The Balaban J connectivity index is 1.39. The number of halogens is 1. The van der Waals surface area contributed by atoms with E-state index in [2.05, 4.69) is 30.8 Å². The largest absolute Gasteiger partial charge is 0.444 e. The summed E-state index contributed by atoms with van der Waals surface area (Å²) in [5, 5.41) is 0.896. The molecule has 0 bridgehead atoms. The number of amides is 1. The zero-order chi connectivity index (χ0) is 24.0. The molecule has 1 fully saturated rings. The number of benzene rings is 2. The van der Waals surface area contributed by atoms with Crippen molar-refractivity contribution < 1.29 is 9.53 Å². The molecule has 0 aliphatic carbocycles. The molecular weight excluding hydrogens is 498 g/mol. The molecule has 0 atom stereocenters. The number of rotatable bonds is 2. The van der Waals surface area contributed by atoms with Gasteiger partial charge in [-0.15, -0.1) is 0 Å². The highest BCUT2D eigenvalue weighted by Gasteiger charge is 2.26. The van der Waals surface area contributed by atoms with Crippen molar-refractivity contribution in [3.05, 3.63) is 63.6 Å². The van der Waals surface area contributed by atoms with E-state index in [1.54, 1.807) is 15.7 Å². The van der Waals surface area contributed by atoms with Gasteiger partial charge < -0.3 is 19.5 Å². The molecule has 0 unspecified atom stereocenters. The van der Waals surface area contributed by atoms with Crippen LogP contribution in [0.15, 0.2) is 57.9 Å². The number of piperazine rings is 1. The molecule has 3 heterocycles. The number of nitrogens with one attached hydrogen (secondary N) is 1. The van der Waals surface area contributed by atoms with Gasteiger partial charge in [0, 0.05) is 41.7 Å². The summed E-state index contributed by atoms with van der Waals surface area (Å²) < 4.78 is 8.10. The van der Waals surface area contributed by atoms with Crippen molar-refractivity contribution in [2.75, 3.05) is 31.1 Å². The van der Waals surface area contributed by atoms with Crippen LogP contribution >= 0.6 is 15.9 Å². The molecule has 4 aromatic rings. The van der Waals surface area contributed by atoms with Crippen LogP contribution in [-0.2, 0) is 4.74 Å². The lowest BCUT2D eigenvalue weighted by Crippen LogP contribution is -2.50. The molecule has 2 aromatic heterocycles. The number of imidazole rings is 1. The molecule has 34 heavy (non-hydrogen) atoms. The van der Waals surface area contributed by atoms with Crippen molar-refractivity contribution in [3.8, 4) is 5.69 Å². The second-order valence-electron chi connectivity index (χ2n) is 9.42. The van der Waals surface area contributed by atoms with Crippen molar-refractivity contribution in [2.24, 2.45) is 0 Å². The summed E-state index contributed by atoms with van der Waals surface area (Å²) in [6.07, 6.45) is 1.43. The Hall–Kier alpha value is -3.33. The number of carbonyl (C=O) groups excluding carboxylic acids is 1. The number of hydrogen-bond donors (Lipinski definition) is 1. The minimum atomic E-state index is -0.498. The fraction of sp³-hybridized carbons (Fsp3) is 0.320. The number of nitrogens with zero attached hydrogens (tertiary/aromatic N) is 4. The number of H-pyrrole nitrogens is 1. The van der Waals surface area contributed by atoms with E-state index in [0.717, 1.165) is 45.4 Å². The van der Waals surface area contributed by atoms with Gasteiger partial charge in [-0.05, 0) is 63.2 Å². The monoisotopic (exact) mass is 523 g/mol. The van der Waals surface area contributed by atoms with Gasteiger partial charge in [0.25, 0.3) is 0 Å². The number of anilines is 1. The summed E-state index contributed by atoms with van der Waals surface area (Å²) in [6.45, 7) is 8.27. The summed E-state index contributed by atoms with van der Waals surface area (Å²) in [4.78, 5) is 36.6. The second-order valence-corrected chi connectivity index (χ2v) is 10.3. The van der Waals surface area contributed by atoms with Gasteiger partial charge in [0.05, 0.1) is 28.4 Å². The molecular formula is C25H26BrN5O3. The predicted octanol–water partition coefficient (Wildman–Crippen LogP) is 4.69. The number of fused-ring (bicyclic) bond motifs is 3. The normalized spacial score (nSPS) is 14.7. The molecule has 176 valence electrons. The van der Waals surface area contributed by atoms with Crippen LogP contribution in [0.25, 0.3) is 27.6 Å². The third kappa shape index (κ3) is 4.27. The first kappa shape index (κ1) is 22.5. The standard InChI is InChI=1S/C25H26BrN5O3/c1-25(2,3)34-24(33)30-12-10-29(11-13-30)17-5-7-18(8-6-17)31-22-19-14-16(26)4-9-20(19)27-15-21(22)28-23(31)32/h4-9,14-15H,10-13H2,1-3H3,(H,28,32). The van der Waals surface area contributed by atoms with Crippen LogP contribution in [0.4, 0.5) is 10.5 Å². The molecule has 1 aliphatic heterocycles. The number of carbonyl (C=O) groups is 1. The fourth-order valence-electron chi connectivity index (χ4n) is 4.29. The lowest BCUT2D eigenvalue weighted by atomic mass is 10.2. The molecule has 1 N–H and O–H groups in total. The summed E-state index contributed by atoms with van der Waals surface area (Å²) >= 11 is 3.52. The fourth-order valence-corrected chi connectivity index (χ4v) is 4.65. The number of aromatic nitrogens is 3. The SMILES string of the molecule is CC(C)(C)OC(=O)N1CCN(c2ccc(-n3c(=O)[nH]c4cnc5ccc(Br)cc5c43)cc2)CC1. The van der Waals surface area contributed by atoms with Crippen LogP contribution in [0.1, 0.15) is 20.8 Å². The highest BCUT2D eigenvalue weighted by Crippen LogP contribution is 2.27. The first-order chi connectivity index (χ1) is 16.2. The molecule has 1 amide bonds. The third-order valence-corrected chi connectivity index (χ3v) is 6.37. The highest BCUT2D eigenvalue weighted by molar-refractivity contribution is 9.10. The summed E-state index contributed by atoms with van der Waals surface area (Å²) in [5.74, 6) is 0. The van der Waals surface area contributed by atoms with Crippen LogP contribution in [0.5, 0.6) is 0 Å². The second kappa shape index (κ2) is 8.47. The van der Waals surface area contributed by atoms with E-state index in [1.807, 2.05) is 63.2 Å². The smallest absolute Gasteiger partial charge is 0.410 e. The Morgan fingerprint density at radius 2 is 1.71 bits per heavy atom. The van der Waals surface area contributed by atoms with E-state index in [0.29, 0.717) is 18.6 Å². The summed E-state index contributed by atoms with van der Waals surface area (Å²) in [7, 11) is 0. The number of aromatic amines is 1. The number of ether oxygens (including phenoxy) is 1. The molecule has 0 saturated carbocycles. The third-order valence-electron chi connectivity index (χ3n) is 5.87. The molecule has 0 radical (unpaired) electrons. The Bertz CT molecular complexity index is 1430. The average molecular weight is 524 g/mol. The Labute approximate surface area is 205 Å². The molecule has 5 rings (SSSR count). The maximum atomic E-state index is 12.9. The topological polar surface area (TPSA) is 83.5 Å². The Kier molecular flexibility index (Phi) is 5.59.